The molecule has 1 unspecified atom stereocenters. The average molecular weight is 291 g/mol. The van der Waals surface area contributed by atoms with E-state index >= 15 is 0 Å². The van der Waals surface area contributed by atoms with Crippen molar-refractivity contribution in [2.75, 3.05) is 25.0 Å². The van der Waals surface area contributed by atoms with Crippen molar-refractivity contribution in [3.63, 3.8) is 0 Å². The van der Waals surface area contributed by atoms with E-state index < -0.39 is 0 Å². The fourth-order valence-electron chi connectivity index (χ4n) is 2.93. The van der Waals surface area contributed by atoms with E-state index in [1.165, 1.54) is 12.8 Å². The molecule has 0 amide bonds. The zero-order valence-corrected chi connectivity index (χ0v) is 13.0. The van der Waals surface area contributed by atoms with Crippen LogP contribution in [0.2, 0.25) is 0 Å². The molecule has 1 N–H and O–H groups in total. The van der Waals surface area contributed by atoms with Crippen LogP contribution >= 0.6 is 0 Å². The lowest BCUT2D eigenvalue weighted by molar-refractivity contribution is -0.384. The highest BCUT2D eigenvalue weighted by Crippen LogP contribution is 2.27. The van der Waals surface area contributed by atoms with Crippen molar-refractivity contribution in [2.24, 2.45) is 5.92 Å². The molecule has 2 rings (SSSR count). The molecule has 0 spiro atoms. The van der Waals surface area contributed by atoms with Crippen molar-refractivity contribution in [1.29, 1.82) is 0 Å². The fraction of sp³-hybridized carbons (Fsp3) is 0.625. The van der Waals surface area contributed by atoms with Crippen molar-refractivity contribution in [2.45, 2.75) is 39.7 Å². The van der Waals surface area contributed by atoms with Crippen LogP contribution in [0, 0.1) is 16.0 Å². The normalized spacial score (nSPS) is 19.4. The van der Waals surface area contributed by atoms with E-state index in [1.54, 1.807) is 6.07 Å². The minimum atomic E-state index is -0.315. The summed E-state index contributed by atoms with van der Waals surface area (Å²) < 4.78 is 0. The summed E-state index contributed by atoms with van der Waals surface area (Å²) in [6, 6.07) is 5.45. The van der Waals surface area contributed by atoms with Gasteiger partial charge in [-0.3, -0.25) is 15.0 Å². The molecule has 5 nitrogen and oxygen atoms in total. The standard InChI is InChI=1S/C16H25N3O2/c1-3-8-17-15-10-14(6-7-16(15)19(20)21)12-18-9-4-5-13(2)11-18/h6-7,10,13,17H,3-5,8-9,11-12H2,1-2H3. The van der Waals surface area contributed by atoms with Gasteiger partial charge in [-0.1, -0.05) is 19.9 Å². The number of rotatable bonds is 6. The first-order valence-electron chi connectivity index (χ1n) is 7.83. The molecule has 1 saturated heterocycles. The second-order valence-electron chi connectivity index (χ2n) is 6.02. The SMILES string of the molecule is CCCNc1cc(CN2CCCC(C)C2)ccc1[N+](=O)[O-]. The van der Waals surface area contributed by atoms with Crippen molar-refractivity contribution < 1.29 is 4.92 Å². The van der Waals surface area contributed by atoms with Crippen LogP contribution in [0.5, 0.6) is 0 Å². The number of nitrogens with zero attached hydrogens (tertiary/aromatic N) is 2. The molecule has 1 aliphatic rings. The Morgan fingerprint density at radius 1 is 1.48 bits per heavy atom. The number of likely N-dealkylation sites (tertiary alicyclic amines) is 1. The van der Waals surface area contributed by atoms with Crippen LogP contribution in [0.1, 0.15) is 38.7 Å². The molecule has 5 heteroatoms. The van der Waals surface area contributed by atoms with Crippen molar-refractivity contribution in [1.82, 2.24) is 4.90 Å². The van der Waals surface area contributed by atoms with Crippen molar-refractivity contribution in [3.8, 4) is 0 Å². The summed E-state index contributed by atoms with van der Waals surface area (Å²) in [4.78, 5) is 13.2. The Bertz CT molecular complexity index is 490. The van der Waals surface area contributed by atoms with Crippen LogP contribution in [0.3, 0.4) is 0 Å². The van der Waals surface area contributed by atoms with Crippen LogP contribution in [0.15, 0.2) is 18.2 Å². The predicted octanol–water partition coefficient (Wildman–Crippen LogP) is 3.65. The summed E-state index contributed by atoms with van der Waals surface area (Å²) in [5.74, 6) is 0.745. The summed E-state index contributed by atoms with van der Waals surface area (Å²) in [6.07, 6.45) is 3.50. The third-order valence-corrected chi connectivity index (χ3v) is 3.97. The quantitative estimate of drug-likeness (QED) is 0.642. The molecular weight excluding hydrogens is 266 g/mol. The molecule has 1 aliphatic heterocycles. The lowest BCUT2D eigenvalue weighted by Gasteiger charge is -2.30. The Labute approximate surface area is 126 Å². The number of nitro groups is 1. The summed E-state index contributed by atoms with van der Waals surface area (Å²) in [7, 11) is 0. The zero-order chi connectivity index (χ0) is 15.2. The van der Waals surface area contributed by atoms with Crippen LogP contribution in [0.4, 0.5) is 11.4 Å². The molecule has 116 valence electrons. The first kappa shape index (κ1) is 15.8. The van der Waals surface area contributed by atoms with Crippen LogP contribution in [-0.2, 0) is 6.54 Å². The topological polar surface area (TPSA) is 58.4 Å². The molecule has 1 aromatic rings. The molecule has 0 bridgehead atoms. The molecule has 1 atom stereocenters. The minimum absolute atomic E-state index is 0.166. The van der Waals surface area contributed by atoms with Crippen LogP contribution in [-0.4, -0.2) is 29.5 Å². The Kier molecular flexibility index (Phi) is 5.56. The summed E-state index contributed by atoms with van der Waals surface area (Å²) >= 11 is 0. The smallest absolute Gasteiger partial charge is 0.292 e. The lowest BCUT2D eigenvalue weighted by Crippen LogP contribution is -2.33. The number of benzene rings is 1. The first-order chi connectivity index (χ1) is 10.1. The van der Waals surface area contributed by atoms with Gasteiger partial charge in [-0.25, -0.2) is 0 Å². The van der Waals surface area contributed by atoms with E-state index in [4.69, 9.17) is 0 Å². The van der Waals surface area contributed by atoms with Crippen LogP contribution < -0.4 is 5.32 Å². The summed E-state index contributed by atoms with van der Waals surface area (Å²) in [5, 5.41) is 14.3. The Morgan fingerprint density at radius 3 is 2.95 bits per heavy atom. The third-order valence-electron chi connectivity index (χ3n) is 3.97. The predicted molar refractivity (Wildman–Crippen MR) is 85.6 cm³/mol. The van der Waals surface area contributed by atoms with Gasteiger partial charge in [0.05, 0.1) is 4.92 Å². The largest absolute Gasteiger partial charge is 0.379 e. The molecule has 1 fully saturated rings. The maximum absolute atomic E-state index is 11.1. The third kappa shape index (κ3) is 4.43. The Hall–Kier alpha value is -1.62. The van der Waals surface area contributed by atoms with E-state index in [2.05, 4.69) is 24.1 Å². The maximum Gasteiger partial charge on any atom is 0.292 e. The monoisotopic (exact) mass is 291 g/mol. The van der Waals surface area contributed by atoms with Crippen molar-refractivity contribution >= 4 is 11.4 Å². The second kappa shape index (κ2) is 7.41. The molecule has 0 radical (unpaired) electrons. The van der Waals surface area contributed by atoms with E-state index in [9.17, 15) is 10.1 Å². The highest BCUT2D eigenvalue weighted by atomic mass is 16.6. The van der Waals surface area contributed by atoms with Gasteiger partial charge < -0.3 is 5.32 Å². The number of nitro benzene ring substituents is 1. The number of piperidine rings is 1. The molecule has 0 aromatic heterocycles. The number of hydrogen-bond acceptors (Lipinski definition) is 4. The molecular formula is C16H25N3O2. The van der Waals surface area contributed by atoms with Crippen molar-refractivity contribution in [3.05, 3.63) is 33.9 Å². The minimum Gasteiger partial charge on any atom is -0.379 e. The Balaban J connectivity index is 2.10. The fourth-order valence-corrected chi connectivity index (χ4v) is 2.93. The van der Waals surface area contributed by atoms with Gasteiger partial charge in [0, 0.05) is 25.7 Å². The molecule has 1 heterocycles. The highest BCUT2D eigenvalue weighted by molar-refractivity contribution is 5.62. The van der Waals surface area contributed by atoms with E-state index in [1.807, 2.05) is 12.1 Å². The number of nitrogens with one attached hydrogen (secondary N) is 1. The summed E-state index contributed by atoms with van der Waals surface area (Å²) in [6.45, 7) is 8.22. The van der Waals surface area contributed by atoms with Gasteiger partial charge >= 0.3 is 0 Å². The Morgan fingerprint density at radius 2 is 2.29 bits per heavy atom. The highest BCUT2D eigenvalue weighted by Gasteiger charge is 2.18. The first-order valence-corrected chi connectivity index (χ1v) is 7.83. The van der Waals surface area contributed by atoms with E-state index in [-0.39, 0.29) is 10.6 Å². The van der Waals surface area contributed by atoms with E-state index in [0.29, 0.717) is 5.69 Å². The molecule has 0 saturated carbocycles. The van der Waals surface area contributed by atoms with Gasteiger partial charge in [0.2, 0.25) is 0 Å². The maximum atomic E-state index is 11.1. The van der Waals surface area contributed by atoms with Crippen LogP contribution in [0.25, 0.3) is 0 Å². The van der Waals surface area contributed by atoms with E-state index in [0.717, 1.165) is 44.1 Å². The zero-order valence-electron chi connectivity index (χ0n) is 13.0. The number of hydrogen-bond donors (Lipinski definition) is 1. The molecule has 1 aromatic carbocycles. The van der Waals surface area contributed by atoms with Gasteiger partial charge in [-0.15, -0.1) is 0 Å². The van der Waals surface area contributed by atoms with Gasteiger partial charge in [0.15, 0.2) is 0 Å². The lowest BCUT2D eigenvalue weighted by atomic mass is 9.99. The van der Waals surface area contributed by atoms with Gasteiger partial charge in [-0.05, 0) is 43.4 Å². The average Bonchev–Trinajstić information content (AvgIpc) is 2.45. The number of anilines is 1. The van der Waals surface area contributed by atoms with Gasteiger partial charge in [0.25, 0.3) is 5.69 Å². The molecule has 21 heavy (non-hydrogen) atoms. The van der Waals surface area contributed by atoms with Gasteiger partial charge in [0.1, 0.15) is 5.69 Å². The van der Waals surface area contributed by atoms with Gasteiger partial charge in [-0.2, -0.15) is 0 Å². The summed E-state index contributed by atoms with van der Waals surface area (Å²) in [5.41, 5.74) is 1.96. The molecule has 0 aliphatic carbocycles. The second-order valence-corrected chi connectivity index (χ2v) is 6.02.